The minimum Gasteiger partial charge on any atom is -0.312 e. The molecule has 2 heteroatoms. The van der Waals surface area contributed by atoms with Gasteiger partial charge in [0.05, 0.1) is 0 Å². The predicted molar refractivity (Wildman–Crippen MR) is 62.6 cm³/mol. The Morgan fingerprint density at radius 1 is 0.857 bits per heavy atom. The second-order valence-electron chi connectivity index (χ2n) is 4.41. The molecule has 1 aliphatic carbocycles. The minimum absolute atomic E-state index is 0.762. The van der Waals surface area contributed by atoms with Crippen LogP contribution in [0.1, 0.15) is 52.4 Å². The summed E-state index contributed by atoms with van der Waals surface area (Å²) in [4.78, 5) is 0. The molecule has 0 bridgehead atoms. The average molecular weight is 198 g/mol. The Balaban J connectivity index is 1.97. The van der Waals surface area contributed by atoms with E-state index in [9.17, 15) is 0 Å². The molecule has 84 valence electrons. The van der Waals surface area contributed by atoms with Crippen molar-refractivity contribution in [1.82, 2.24) is 10.6 Å². The highest BCUT2D eigenvalue weighted by atomic mass is 15.0. The lowest BCUT2D eigenvalue weighted by Crippen LogP contribution is -2.55. The van der Waals surface area contributed by atoms with E-state index in [4.69, 9.17) is 0 Å². The van der Waals surface area contributed by atoms with Crippen molar-refractivity contribution in [3.8, 4) is 0 Å². The van der Waals surface area contributed by atoms with E-state index in [0.717, 1.165) is 12.1 Å². The van der Waals surface area contributed by atoms with Crippen molar-refractivity contribution in [2.24, 2.45) is 0 Å². The summed E-state index contributed by atoms with van der Waals surface area (Å²) in [5, 5.41) is 7.27. The maximum Gasteiger partial charge on any atom is 0.0221 e. The molecule has 0 amide bonds. The Morgan fingerprint density at radius 3 is 1.57 bits per heavy atom. The zero-order valence-electron chi connectivity index (χ0n) is 9.81. The van der Waals surface area contributed by atoms with Crippen molar-refractivity contribution in [2.75, 3.05) is 13.1 Å². The van der Waals surface area contributed by atoms with E-state index in [1.165, 1.54) is 51.6 Å². The van der Waals surface area contributed by atoms with Gasteiger partial charge in [-0.1, -0.05) is 26.7 Å². The van der Waals surface area contributed by atoms with Gasteiger partial charge < -0.3 is 10.6 Å². The largest absolute Gasteiger partial charge is 0.312 e. The molecule has 2 nitrogen and oxygen atoms in total. The molecule has 1 aliphatic rings. The maximum atomic E-state index is 3.63. The first-order valence-corrected chi connectivity index (χ1v) is 6.35. The Kier molecular flexibility index (Phi) is 6.20. The summed E-state index contributed by atoms with van der Waals surface area (Å²) in [7, 11) is 0. The highest BCUT2D eigenvalue weighted by molar-refractivity contribution is 4.92. The molecule has 0 aliphatic heterocycles. The van der Waals surface area contributed by atoms with E-state index in [-0.39, 0.29) is 0 Å². The van der Waals surface area contributed by atoms with Crippen molar-refractivity contribution in [3.63, 3.8) is 0 Å². The van der Waals surface area contributed by atoms with Crippen LogP contribution in [0.5, 0.6) is 0 Å². The fourth-order valence-corrected chi connectivity index (χ4v) is 1.92. The third kappa shape index (κ3) is 3.97. The summed E-state index contributed by atoms with van der Waals surface area (Å²) in [5.41, 5.74) is 0. The standard InChI is InChI=1S/C12H26N2/c1-3-5-9-13-11-7-8-12(11)14-10-6-4-2/h11-14H,3-10H2,1-2H3. The van der Waals surface area contributed by atoms with Crippen LogP contribution in [0.3, 0.4) is 0 Å². The van der Waals surface area contributed by atoms with Crippen molar-refractivity contribution in [2.45, 2.75) is 64.5 Å². The fourth-order valence-electron chi connectivity index (χ4n) is 1.92. The van der Waals surface area contributed by atoms with Gasteiger partial charge in [-0.15, -0.1) is 0 Å². The SMILES string of the molecule is CCCCNC1CCC1NCCCC. The van der Waals surface area contributed by atoms with Gasteiger partial charge in [0.25, 0.3) is 0 Å². The number of hydrogen-bond acceptors (Lipinski definition) is 2. The van der Waals surface area contributed by atoms with Gasteiger partial charge in [0.15, 0.2) is 0 Å². The lowest BCUT2D eigenvalue weighted by molar-refractivity contribution is 0.238. The summed E-state index contributed by atoms with van der Waals surface area (Å²) in [6.07, 6.45) is 7.97. The van der Waals surface area contributed by atoms with Crippen molar-refractivity contribution >= 4 is 0 Å². The van der Waals surface area contributed by atoms with Crippen LogP contribution in [0.25, 0.3) is 0 Å². The van der Waals surface area contributed by atoms with Crippen LogP contribution in [-0.2, 0) is 0 Å². The van der Waals surface area contributed by atoms with E-state index >= 15 is 0 Å². The monoisotopic (exact) mass is 198 g/mol. The first-order chi connectivity index (χ1) is 6.88. The summed E-state index contributed by atoms with van der Waals surface area (Å²) in [6.45, 7) is 6.90. The maximum absolute atomic E-state index is 3.63. The van der Waals surface area contributed by atoms with Crippen LogP contribution in [0, 0.1) is 0 Å². The van der Waals surface area contributed by atoms with Crippen LogP contribution in [0.2, 0.25) is 0 Å². The topological polar surface area (TPSA) is 24.1 Å². The molecule has 0 aromatic heterocycles. The molecule has 2 N–H and O–H groups in total. The van der Waals surface area contributed by atoms with Gasteiger partial charge in [-0.2, -0.15) is 0 Å². The van der Waals surface area contributed by atoms with E-state index in [0.29, 0.717) is 0 Å². The smallest absolute Gasteiger partial charge is 0.0221 e. The number of unbranched alkanes of at least 4 members (excludes halogenated alkanes) is 2. The molecule has 0 radical (unpaired) electrons. The summed E-state index contributed by atoms with van der Waals surface area (Å²) in [5.74, 6) is 0. The van der Waals surface area contributed by atoms with Gasteiger partial charge in [-0.25, -0.2) is 0 Å². The number of hydrogen-bond donors (Lipinski definition) is 2. The van der Waals surface area contributed by atoms with Crippen LogP contribution in [0.4, 0.5) is 0 Å². The van der Waals surface area contributed by atoms with Gasteiger partial charge in [0.1, 0.15) is 0 Å². The quantitative estimate of drug-likeness (QED) is 0.585. The van der Waals surface area contributed by atoms with E-state index in [2.05, 4.69) is 24.5 Å². The lowest BCUT2D eigenvalue weighted by atomic mass is 9.86. The van der Waals surface area contributed by atoms with Gasteiger partial charge in [-0.05, 0) is 38.8 Å². The van der Waals surface area contributed by atoms with E-state index in [1.54, 1.807) is 0 Å². The highest BCUT2D eigenvalue weighted by Gasteiger charge is 2.28. The van der Waals surface area contributed by atoms with Crippen molar-refractivity contribution in [3.05, 3.63) is 0 Å². The minimum atomic E-state index is 0.762. The van der Waals surface area contributed by atoms with E-state index in [1.807, 2.05) is 0 Å². The van der Waals surface area contributed by atoms with Crippen LogP contribution < -0.4 is 10.6 Å². The van der Waals surface area contributed by atoms with Crippen molar-refractivity contribution in [1.29, 1.82) is 0 Å². The molecule has 14 heavy (non-hydrogen) atoms. The van der Waals surface area contributed by atoms with Gasteiger partial charge in [0, 0.05) is 12.1 Å². The van der Waals surface area contributed by atoms with Crippen LogP contribution in [-0.4, -0.2) is 25.2 Å². The van der Waals surface area contributed by atoms with Crippen molar-refractivity contribution < 1.29 is 0 Å². The molecule has 2 atom stereocenters. The van der Waals surface area contributed by atoms with Gasteiger partial charge in [0.2, 0.25) is 0 Å². The summed E-state index contributed by atoms with van der Waals surface area (Å²) >= 11 is 0. The molecule has 1 rings (SSSR count). The lowest BCUT2D eigenvalue weighted by Gasteiger charge is -2.38. The molecule has 1 saturated carbocycles. The zero-order chi connectivity index (χ0) is 10.2. The molecule has 0 spiro atoms. The first kappa shape index (κ1) is 12.0. The normalized spacial score (nSPS) is 26.1. The Bertz CT molecular complexity index is 120. The van der Waals surface area contributed by atoms with Crippen LogP contribution in [0.15, 0.2) is 0 Å². The molecule has 2 unspecified atom stereocenters. The Morgan fingerprint density at radius 2 is 1.29 bits per heavy atom. The second kappa shape index (κ2) is 7.24. The van der Waals surface area contributed by atoms with E-state index < -0.39 is 0 Å². The third-order valence-electron chi connectivity index (χ3n) is 3.15. The van der Waals surface area contributed by atoms with Crippen LogP contribution >= 0.6 is 0 Å². The molecular weight excluding hydrogens is 172 g/mol. The average Bonchev–Trinajstić information content (AvgIpc) is 2.17. The Labute approximate surface area is 88.8 Å². The Hall–Kier alpha value is -0.0800. The molecule has 0 aromatic rings. The first-order valence-electron chi connectivity index (χ1n) is 6.35. The van der Waals surface area contributed by atoms with Gasteiger partial charge in [-0.3, -0.25) is 0 Å². The summed E-state index contributed by atoms with van der Waals surface area (Å²) in [6, 6.07) is 1.52. The molecule has 0 aromatic carbocycles. The second-order valence-corrected chi connectivity index (χ2v) is 4.41. The molecule has 0 saturated heterocycles. The number of rotatable bonds is 8. The summed E-state index contributed by atoms with van der Waals surface area (Å²) < 4.78 is 0. The highest BCUT2D eigenvalue weighted by Crippen LogP contribution is 2.19. The number of nitrogens with one attached hydrogen (secondary N) is 2. The molecular formula is C12H26N2. The molecule has 0 heterocycles. The fraction of sp³-hybridized carbons (Fsp3) is 1.00. The van der Waals surface area contributed by atoms with Gasteiger partial charge >= 0.3 is 0 Å². The third-order valence-corrected chi connectivity index (χ3v) is 3.15. The molecule has 1 fully saturated rings. The zero-order valence-corrected chi connectivity index (χ0v) is 9.81. The predicted octanol–water partition coefficient (Wildman–Crippen LogP) is 2.30.